The number of rotatable bonds is 7. The first-order valence-corrected chi connectivity index (χ1v) is 6.51. The summed E-state index contributed by atoms with van der Waals surface area (Å²) in [7, 11) is 3.81. The first-order chi connectivity index (χ1) is 8.66. The Labute approximate surface area is 109 Å². The maximum atomic E-state index is 12.2. The van der Waals surface area contributed by atoms with Crippen molar-refractivity contribution >= 4 is 5.91 Å². The molecule has 0 saturated heterocycles. The summed E-state index contributed by atoms with van der Waals surface area (Å²) in [5.74, 6) is 0.0455. The maximum Gasteiger partial charge on any atom is 0.242 e. The van der Waals surface area contributed by atoms with E-state index in [0.29, 0.717) is 0 Å². The molecular formula is C14H23N3O. The van der Waals surface area contributed by atoms with Crippen molar-refractivity contribution in [1.29, 1.82) is 0 Å². The van der Waals surface area contributed by atoms with Gasteiger partial charge in [0.15, 0.2) is 0 Å². The lowest BCUT2D eigenvalue weighted by Crippen LogP contribution is -2.37. The van der Waals surface area contributed by atoms with Gasteiger partial charge in [-0.3, -0.25) is 14.7 Å². The topological polar surface area (TPSA) is 45.2 Å². The smallest absolute Gasteiger partial charge is 0.242 e. The molecule has 1 atom stereocenters. The molecule has 0 fully saturated rings. The Balaban J connectivity index is 2.60. The van der Waals surface area contributed by atoms with Crippen LogP contribution in [0.2, 0.25) is 0 Å². The summed E-state index contributed by atoms with van der Waals surface area (Å²) in [4.78, 5) is 18.2. The number of pyridine rings is 1. The predicted octanol–water partition coefficient (Wildman–Crippen LogP) is 1.99. The highest BCUT2D eigenvalue weighted by Gasteiger charge is 2.22. The van der Waals surface area contributed by atoms with Crippen LogP contribution in [0.25, 0.3) is 0 Å². The minimum absolute atomic E-state index is 0.0455. The number of nitrogens with one attached hydrogen (secondary N) is 1. The maximum absolute atomic E-state index is 12.2. The van der Waals surface area contributed by atoms with Gasteiger partial charge in [-0.05, 0) is 32.1 Å². The van der Waals surface area contributed by atoms with E-state index >= 15 is 0 Å². The van der Waals surface area contributed by atoms with Gasteiger partial charge < -0.3 is 5.32 Å². The van der Waals surface area contributed by atoms with Crippen molar-refractivity contribution in [1.82, 2.24) is 15.2 Å². The molecule has 0 bridgehead atoms. The summed E-state index contributed by atoms with van der Waals surface area (Å²) in [5.41, 5.74) is 0.926. The fourth-order valence-electron chi connectivity index (χ4n) is 1.91. The molecule has 1 unspecified atom stereocenters. The Kier molecular flexibility index (Phi) is 6.36. The molecule has 1 amide bonds. The Morgan fingerprint density at radius 2 is 2.22 bits per heavy atom. The van der Waals surface area contributed by atoms with Crippen molar-refractivity contribution in [3.05, 3.63) is 30.1 Å². The summed E-state index contributed by atoms with van der Waals surface area (Å²) in [6, 6.07) is 3.53. The van der Waals surface area contributed by atoms with Gasteiger partial charge in [-0.15, -0.1) is 0 Å². The van der Waals surface area contributed by atoms with Crippen LogP contribution in [0.15, 0.2) is 24.5 Å². The number of carbonyl (C=O) groups is 1. The number of hydrogen-bond donors (Lipinski definition) is 1. The van der Waals surface area contributed by atoms with Gasteiger partial charge in [0.25, 0.3) is 0 Å². The summed E-state index contributed by atoms with van der Waals surface area (Å²) < 4.78 is 0. The molecule has 1 aromatic heterocycles. The van der Waals surface area contributed by atoms with E-state index in [4.69, 9.17) is 0 Å². The second kappa shape index (κ2) is 7.82. The first kappa shape index (κ1) is 14.6. The lowest BCUT2D eigenvalue weighted by Gasteiger charge is -2.23. The van der Waals surface area contributed by atoms with Crippen LogP contribution in [0.5, 0.6) is 0 Å². The number of hydrogen-bond acceptors (Lipinski definition) is 3. The van der Waals surface area contributed by atoms with Crippen LogP contribution in [0.3, 0.4) is 0 Å². The number of carbonyl (C=O) groups excluding carboxylic acids is 1. The van der Waals surface area contributed by atoms with Gasteiger partial charge >= 0.3 is 0 Å². The molecule has 4 heteroatoms. The monoisotopic (exact) mass is 249 g/mol. The fourth-order valence-corrected chi connectivity index (χ4v) is 1.91. The molecule has 100 valence electrons. The van der Waals surface area contributed by atoms with E-state index in [1.54, 1.807) is 12.4 Å². The standard InChI is InChI=1S/C14H23N3O/c1-4-5-6-10-16-14(18)13(17(2)3)12-8-7-9-15-11-12/h7-9,11,13H,4-6,10H2,1-3H3,(H,16,18). The molecule has 0 radical (unpaired) electrons. The minimum atomic E-state index is -0.264. The molecule has 18 heavy (non-hydrogen) atoms. The largest absolute Gasteiger partial charge is 0.354 e. The van der Waals surface area contributed by atoms with Crippen LogP contribution in [-0.4, -0.2) is 36.4 Å². The predicted molar refractivity (Wildman–Crippen MR) is 73.2 cm³/mol. The van der Waals surface area contributed by atoms with Gasteiger partial charge in [0.05, 0.1) is 0 Å². The SMILES string of the molecule is CCCCCNC(=O)C(c1cccnc1)N(C)C. The zero-order valence-corrected chi connectivity index (χ0v) is 11.5. The first-order valence-electron chi connectivity index (χ1n) is 6.51. The third kappa shape index (κ3) is 4.45. The lowest BCUT2D eigenvalue weighted by atomic mass is 10.1. The lowest BCUT2D eigenvalue weighted by molar-refractivity contribution is -0.125. The highest BCUT2D eigenvalue weighted by Crippen LogP contribution is 2.16. The molecule has 0 saturated carbocycles. The van der Waals surface area contributed by atoms with Gasteiger partial charge in [-0.1, -0.05) is 25.8 Å². The van der Waals surface area contributed by atoms with Gasteiger partial charge in [-0.25, -0.2) is 0 Å². The van der Waals surface area contributed by atoms with Crippen LogP contribution < -0.4 is 5.32 Å². The van der Waals surface area contributed by atoms with Crippen molar-refractivity contribution in [2.45, 2.75) is 32.2 Å². The van der Waals surface area contributed by atoms with Crippen LogP contribution in [0.4, 0.5) is 0 Å². The number of amides is 1. The highest BCUT2D eigenvalue weighted by molar-refractivity contribution is 5.83. The summed E-state index contributed by atoms with van der Waals surface area (Å²) in [6.45, 7) is 2.90. The van der Waals surface area contributed by atoms with Gasteiger partial charge in [-0.2, -0.15) is 0 Å². The molecule has 0 aliphatic heterocycles. The summed E-state index contributed by atoms with van der Waals surface area (Å²) >= 11 is 0. The van der Waals surface area contributed by atoms with Gasteiger partial charge in [0, 0.05) is 18.9 Å². The van der Waals surface area contributed by atoms with E-state index in [2.05, 4.69) is 17.2 Å². The van der Waals surface area contributed by atoms with E-state index in [1.807, 2.05) is 31.1 Å². The molecule has 0 spiro atoms. The van der Waals surface area contributed by atoms with Crippen LogP contribution in [-0.2, 0) is 4.79 Å². The average molecular weight is 249 g/mol. The molecule has 0 aliphatic rings. The molecule has 4 nitrogen and oxygen atoms in total. The van der Waals surface area contributed by atoms with Crippen molar-refractivity contribution in [3.63, 3.8) is 0 Å². The quantitative estimate of drug-likeness (QED) is 0.752. The van der Waals surface area contributed by atoms with Gasteiger partial charge in [0.1, 0.15) is 6.04 Å². The Morgan fingerprint density at radius 1 is 1.44 bits per heavy atom. The Hall–Kier alpha value is -1.42. The average Bonchev–Trinajstić information content (AvgIpc) is 2.36. The molecule has 1 N–H and O–H groups in total. The van der Waals surface area contributed by atoms with Gasteiger partial charge in [0.2, 0.25) is 5.91 Å². The molecule has 1 rings (SSSR count). The summed E-state index contributed by atoms with van der Waals surface area (Å²) in [5, 5.41) is 2.99. The number of likely N-dealkylation sites (N-methyl/N-ethyl adjacent to an activating group) is 1. The summed E-state index contributed by atoms with van der Waals surface area (Å²) in [6.07, 6.45) is 6.82. The fraction of sp³-hybridized carbons (Fsp3) is 0.571. The number of aromatic nitrogens is 1. The molecule has 1 aromatic rings. The zero-order valence-electron chi connectivity index (χ0n) is 11.5. The molecule has 0 aromatic carbocycles. The van der Waals surface area contributed by atoms with E-state index in [-0.39, 0.29) is 11.9 Å². The van der Waals surface area contributed by atoms with Crippen molar-refractivity contribution < 1.29 is 4.79 Å². The normalized spacial score (nSPS) is 12.4. The minimum Gasteiger partial charge on any atom is -0.354 e. The van der Waals surface area contributed by atoms with E-state index < -0.39 is 0 Å². The Morgan fingerprint density at radius 3 is 2.78 bits per heavy atom. The molecular weight excluding hydrogens is 226 g/mol. The van der Waals surface area contributed by atoms with Crippen molar-refractivity contribution in [3.8, 4) is 0 Å². The van der Waals surface area contributed by atoms with E-state index in [0.717, 1.165) is 31.4 Å². The third-order valence-electron chi connectivity index (χ3n) is 2.84. The zero-order chi connectivity index (χ0) is 13.4. The second-order valence-electron chi connectivity index (χ2n) is 4.65. The van der Waals surface area contributed by atoms with E-state index in [9.17, 15) is 4.79 Å². The Bertz CT molecular complexity index is 351. The highest BCUT2D eigenvalue weighted by atomic mass is 16.2. The third-order valence-corrected chi connectivity index (χ3v) is 2.84. The van der Waals surface area contributed by atoms with E-state index in [1.165, 1.54) is 0 Å². The van der Waals surface area contributed by atoms with Crippen molar-refractivity contribution in [2.24, 2.45) is 0 Å². The number of nitrogens with zero attached hydrogens (tertiary/aromatic N) is 2. The van der Waals surface area contributed by atoms with Crippen LogP contribution in [0.1, 0.15) is 37.8 Å². The molecule has 1 heterocycles. The molecule has 0 aliphatic carbocycles. The van der Waals surface area contributed by atoms with Crippen LogP contribution >= 0.6 is 0 Å². The second-order valence-corrected chi connectivity index (χ2v) is 4.65. The van der Waals surface area contributed by atoms with Crippen molar-refractivity contribution in [2.75, 3.05) is 20.6 Å². The van der Waals surface area contributed by atoms with Crippen LogP contribution in [0, 0.1) is 0 Å². The number of unbranched alkanes of at least 4 members (excludes halogenated alkanes) is 2.